The molecule has 0 unspecified atom stereocenters. The predicted octanol–water partition coefficient (Wildman–Crippen LogP) is 2.34. The summed E-state index contributed by atoms with van der Waals surface area (Å²) in [7, 11) is 0. The van der Waals surface area contributed by atoms with E-state index in [0.29, 0.717) is 5.56 Å². The maximum absolute atomic E-state index is 11.8. The second kappa shape index (κ2) is 3.79. The summed E-state index contributed by atoms with van der Waals surface area (Å²) < 4.78 is 0. The van der Waals surface area contributed by atoms with Gasteiger partial charge in [-0.2, -0.15) is 10.5 Å². The Bertz CT molecular complexity index is 503. The van der Waals surface area contributed by atoms with Crippen molar-refractivity contribution < 1.29 is 4.79 Å². The largest absolute Gasteiger partial charge is 0.294 e. The number of carbonyl (C=O) groups excluding carboxylic acids is 1. The van der Waals surface area contributed by atoms with Crippen molar-refractivity contribution in [2.45, 2.75) is 24.7 Å². The predicted molar refractivity (Wildman–Crippen MR) is 57.5 cm³/mol. The molecule has 0 saturated heterocycles. The van der Waals surface area contributed by atoms with Gasteiger partial charge in [-0.25, -0.2) is 0 Å². The van der Waals surface area contributed by atoms with Gasteiger partial charge in [0.25, 0.3) is 0 Å². The zero-order valence-corrected chi connectivity index (χ0v) is 8.73. The maximum Gasteiger partial charge on any atom is 0.164 e. The second-order valence-electron chi connectivity index (χ2n) is 4.10. The molecule has 3 nitrogen and oxygen atoms in total. The number of nitrogens with zero attached hydrogens (tertiary/aromatic N) is 2. The molecule has 0 saturated carbocycles. The van der Waals surface area contributed by atoms with Crippen LogP contribution in [0.1, 0.15) is 35.2 Å². The van der Waals surface area contributed by atoms with Gasteiger partial charge in [0, 0.05) is 30.2 Å². The Balaban J connectivity index is 2.56. The van der Waals surface area contributed by atoms with Crippen LogP contribution < -0.4 is 0 Å². The van der Waals surface area contributed by atoms with Crippen molar-refractivity contribution in [3.8, 4) is 12.1 Å². The molecule has 0 amide bonds. The van der Waals surface area contributed by atoms with Gasteiger partial charge in [-0.1, -0.05) is 24.3 Å². The summed E-state index contributed by atoms with van der Waals surface area (Å²) in [5.74, 6) is 0.0427. The summed E-state index contributed by atoms with van der Waals surface area (Å²) in [5, 5.41) is 17.7. The highest BCUT2D eigenvalue weighted by Crippen LogP contribution is 2.43. The smallest absolute Gasteiger partial charge is 0.164 e. The normalized spacial score (nSPS) is 16.2. The minimum Gasteiger partial charge on any atom is -0.294 e. The number of fused-ring (bicyclic) bond motifs is 1. The number of Topliss-reactive ketones (excluding diaryl/α,β-unsaturated/α-hetero) is 1. The van der Waals surface area contributed by atoms with E-state index < -0.39 is 5.41 Å². The third kappa shape index (κ3) is 1.38. The van der Waals surface area contributed by atoms with E-state index in [0.717, 1.165) is 5.56 Å². The van der Waals surface area contributed by atoms with Gasteiger partial charge in [-0.05, 0) is 5.56 Å². The highest BCUT2D eigenvalue weighted by Gasteiger charge is 2.42. The molecule has 3 heteroatoms. The van der Waals surface area contributed by atoms with Crippen molar-refractivity contribution in [3.05, 3.63) is 35.4 Å². The molecule has 0 atom stereocenters. The Hall–Kier alpha value is -2.13. The molecule has 0 fully saturated rings. The number of benzene rings is 1. The molecular formula is C13H10N2O. The fourth-order valence-electron chi connectivity index (χ4n) is 2.37. The third-order valence-corrected chi connectivity index (χ3v) is 3.13. The van der Waals surface area contributed by atoms with Crippen molar-refractivity contribution in [1.29, 1.82) is 10.5 Å². The van der Waals surface area contributed by atoms with E-state index >= 15 is 0 Å². The first-order valence-electron chi connectivity index (χ1n) is 5.10. The van der Waals surface area contributed by atoms with Crippen LogP contribution in [0, 0.1) is 22.7 Å². The molecule has 0 bridgehead atoms. The Morgan fingerprint density at radius 2 is 1.81 bits per heavy atom. The average molecular weight is 210 g/mol. The molecule has 0 radical (unpaired) electrons. The lowest BCUT2D eigenvalue weighted by Gasteiger charge is -2.23. The first kappa shape index (κ1) is 10.4. The van der Waals surface area contributed by atoms with Crippen molar-refractivity contribution in [1.82, 2.24) is 0 Å². The fraction of sp³-hybridized carbons (Fsp3) is 0.308. The summed E-state index contributed by atoms with van der Waals surface area (Å²) in [5.41, 5.74) is 0.966. The lowest BCUT2D eigenvalue weighted by atomic mass is 9.77. The Morgan fingerprint density at radius 1 is 1.19 bits per heavy atom. The lowest BCUT2D eigenvalue weighted by Crippen LogP contribution is -2.22. The van der Waals surface area contributed by atoms with E-state index in [4.69, 9.17) is 10.5 Å². The van der Waals surface area contributed by atoms with Crippen molar-refractivity contribution in [3.63, 3.8) is 0 Å². The molecule has 0 heterocycles. The van der Waals surface area contributed by atoms with Crippen molar-refractivity contribution in [2.24, 2.45) is 0 Å². The zero-order valence-electron chi connectivity index (χ0n) is 8.73. The quantitative estimate of drug-likeness (QED) is 0.752. The van der Waals surface area contributed by atoms with Gasteiger partial charge in [-0.3, -0.25) is 4.79 Å². The summed E-state index contributed by atoms with van der Waals surface area (Å²) in [6, 6.07) is 11.5. The Labute approximate surface area is 93.9 Å². The number of hydrogen-bond acceptors (Lipinski definition) is 3. The van der Waals surface area contributed by atoms with Gasteiger partial charge in [0.1, 0.15) is 0 Å². The highest BCUT2D eigenvalue weighted by molar-refractivity contribution is 6.02. The SMILES string of the molecule is N#CCC1(CC#N)CC(=O)c2ccccc21. The van der Waals surface area contributed by atoms with Crippen LogP contribution in [0.5, 0.6) is 0 Å². The Kier molecular flexibility index (Phi) is 2.46. The summed E-state index contributed by atoms with van der Waals surface area (Å²) in [6.45, 7) is 0. The van der Waals surface area contributed by atoms with Gasteiger partial charge < -0.3 is 0 Å². The van der Waals surface area contributed by atoms with E-state index in [1.165, 1.54) is 0 Å². The van der Waals surface area contributed by atoms with Gasteiger partial charge in [-0.15, -0.1) is 0 Å². The minimum atomic E-state index is -0.572. The summed E-state index contributed by atoms with van der Waals surface area (Å²) >= 11 is 0. The molecule has 2 rings (SSSR count). The van der Waals surface area contributed by atoms with Crippen molar-refractivity contribution >= 4 is 5.78 Å². The molecular weight excluding hydrogens is 200 g/mol. The topological polar surface area (TPSA) is 64.7 Å². The van der Waals surface area contributed by atoms with Gasteiger partial charge in [0.15, 0.2) is 5.78 Å². The fourth-order valence-corrected chi connectivity index (χ4v) is 2.37. The standard InChI is InChI=1S/C13H10N2O/c14-7-5-13(6-8-15)9-12(16)10-3-1-2-4-11(10)13/h1-4H,5-6,9H2. The molecule has 1 aromatic rings. The first-order chi connectivity index (χ1) is 7.73. The molecule has 1 aliphatic rings. The average Bonchev–Trinajstić information content (AvgIpc) is 2.55. The van der Waals surface area contributed by atoms with Crippen molar-refractivity contribution in [2.75, 3.05) is 0 Å². The van der Waals surface area contributed by atoms with E-state index in [9.17, 15) is 4.79 Å². The molecule has 1 aromatic carbocycles. The number of ketones is 1. The van der Waals surface area contributed by atoms with Gasteiger partial charge in [0.05, 0.1) is 12.1 Å². The van der Waals surface area contributed by atoms with Crippen LogP contribution in [0.3, 0.4) is 0 Å². The van der Waals surface area contributed by atoms with Crippen LogP contribution in [-0.4, -0.2) is 5.78 Å². The number of hydrogen-bond donors (Lipinski definition) is 0. The summed E-state index contributed by atoms with van der Waals surface area (Å²) in [6.07, 6.45) is 0.736. The molecule has 0 spiro atoms. The van der Waals surface area contributed by atoms with Crippen LogP contribution >= 0.6 is 0 Å². The molecule has 0 aliphatic heterocycles. The van der Waals surface area contributed by atoms with Crippen LogP contribution in [0.15, 0.2) is 24.3 Å². The van der Waals surface area contributed by atoms with Crippen LogP contribution in [0.2, 0.25) is 0 Å². The van der Waals surface area contributed by atoms with Crippen LogP contribution in [0.25, 0.3) is 0 Å². The van der Waals surface area contributed by atoms with Gasteiger partial charge in [0.2, 0.25) is 0 Å². The second-order valence-corrected chi connectivity index (χ2v) is 4.10. The van der Waals surface area contributed by atoms with Gasteiger partial charge >= 0.3 is 0 Å². The monoisotopic (exact) mass is 210 g/mol. The van der Waals surface area contributed by atoms with Crippen LogP contribution in [0.4, 0.5) is 0 Å². The summed E-state index contributed by atoms with van der Waals surface area (Å²) in [4.78, 5) is 11.8. The molecule has 1 aliphatic carbocycles. The zero-order chi connectivity index (χ0) is 11.6. The molecule has 16 heavy (non-hydrogen) atoms. The van der Waals surface area contributed by atoms with E-state index in [1.54, 1.807) is 6.07 Å². The maximum atomic E-state index is 11.8. The Morgan fingerprint density at radius 3 is 2.44 bits per heavy atom. The number of carbonyl (C=O) groups is 1. The molecule has 0 aromatic heterocycles. The van der Waals surface area contributed by atoms with Crippen LogP contribution in [-0.2, 0) is 5.41 Å². The number of rotatable bonds is 2. The van der Waals surface area contributed by atoms with E-state index in [2.05, 4.69) is 12.1 Å². The van der Waals surface area contributed by atoms with E-state index in [-0.39, 0.29) is 25.0 Å². The first-order valence-corrected chi connectivity index (χ1v) is 5.10. The minimum absolute atomic E-state index is 0.0427. The third-order valence-electron chi connectivity index (χ3n) is 3.13. The number of nitriles is 2. The van der Waals surface area contributed by atoms with E-state index in [1.807, 2.05) is 18.2 Å². The lowest BCUT2D eigenvalue weighted by molar-refractivity contribution is 0.0974. The molecule has 78 valence electrons. The highest BCUT2D eigenvalue weighted by atomic mass is 16.1. The molecule has 0 N–H and O–H groups in total.